The molecule has 0 bridgehead atoms. The number of rotatable bonds is 3. The second kappa shape index (κ2) is 4.74. The summed E-state index contributed by atoms with van der Waals surface area (Å²) in [5.74, 6) is 1.31. The molecule has 1 unspecified atom stereocenters. The van der Waals surface area contributed by atoms with E-state index in [-0.39, 0.29) is 0 Å². The summed E-state index contributed by atoms with van der Waals surface area (Å²) in [6, 6.07) is 11.1. The first-order valence-electron chi connectivity index (χ1n) is 7.19. The molecule has 1 N–H and O–H groups in total. The highest BCUT2D eigenvalue weighted by atomic mass is 35.5. The zero-order valence-corrected chi connectivity index (χ0v) is 11.9. The molecule has 0 amide bonds. The number of hydrogen-bond acceptors (Lipinski definition) is 3. The lowest BCUT2D eigenvalue weighted by atomic mass is 9.97. The third-order valence-corrected chi connectivity index (χ3v) is 4.31. The van der Waals surface area contributed by atoms with Gasteiger partial charge in [-0.05, 0) is 42.8 Å². The van der Waals surface area contributed by atoms with Crippen LogP contribution < -0.4 is 5.32 Å². The molecule has 1 saturated carbocycles. The number of nitrogens with one attached hydrogen (secondary N) is 1. The first-order valence-corrected chi connectivity index (χ1v) is 7.57. The summed E-state index contributed by atoms with van der Waals surface area (Å²) in [5, 5.41) is 3.85. The summed E-state index contributed by atoms with van der Waals surface area (Å²) in [6.45, 7) is 0. The summed E-state index contributed by atoms with van der Waals surface area (Å²) < 4.78 is 0. The van der Waals surface area contributed by atoms with Crippen molar-refractivity contribution in [2.45, 2.75) is 37.6 Å². The minimum absolute atomic E-state index is 0.353. The molecule has 1 atom stereocenters. The molecule has 0 spiro atoms. The summed E-state index contributed by atoms with van der Waals surface area (Å²) in [7, 11) is 0. The maximum Gasteiger partial charge on any atom is 0.224 e. The lowest BCUT2D eigenvalue weighted by molar-refractivity contribution is 0.771. The van der Waals surface area contributed by atoms with E-state index >= 15 is 0 Å². The molecule has 0 radical (unpaired) electrons. The van der Waals surface area contributed by atoms with Crippen LogP contribution in [0.15, 0.2) is 30.3 Å². The Morgan fingerprint density at radius 3 is 2.60 bits per heavy atom. The maximum absolute atomic E-state index is 6.12. The van der Waals surface area contributed by atoms with Gasteiger partial charge in [-0.15, -0.1) is 0 Å². The van der Waals surface area contributed by atoms with Crippen molar-refractivity contribution in [2.24, 2.45) is 0 Å². The van der Waals surface area contributed by atoms with Gasteiger partial charge in [0.05, 0.1) is 5.69 Å². The van der Waals surface area contributed by atoms with Gasteiger partial charge in [0.1, 0.15) is 5.82 Å². The Labute approximate surface area is 123 Å². The number of anilines is 1. The van der Waals surface area contributed by atoms with E-state index in [0.29, 0.717) is 17.2 Å². The Hall–Kier alpha value is -1.61. The topological polar surface area (TPSA) is 37.8 Å². The molecule has 20 heavy (non-hydrogen) atoms. The molecular weight excluding hydrogens is 270 g/mol. The second-order valence-corrected chi connectivity index (χ2v) is 5.96. The van der Waals surface area contributed by atoms with Crippen molar-refractivity contribution in [3.8, 4) is 0 Å². The zero-order valence-electron chi connectivity index (χ0n) is 11.1. The Bertz CT molecular complexity index is 638. The fourth-order valence-electron chi connectivity index (χ4n) is 2.98. The van der Waals surface area contributed by atoms with E-state index in [0.717, 1.165) is 24.4 Å². The molecule has 2 aliphatic carbocycles. The molecule has 102 valence electrons. The number of fused-ring (bicyclic) bond motifs is 1. The van der Waals surface area contributed by atoms with Crippen LogP contribution in [0.4, 0.5) is 5.82 Å². The number of halogens is 1. The van der Waals surface area contributed by atoms with Gasteiger partial charge in [0, 0.05) is 17.5 Å². The number of nitrogens with zero attached hydrogens (tertiary/aromatic N) is 2. The minimum atomic E-state index is 0.353. The Kier molecular flexibility index (Phi) is 2.88. The molecule has 1 fully saturated rings. The van der Waals surface area contributed by atoms with Gasteiger partial charge in [0.2, 0.25) is 5.28 Å². The number of aromatic nitrogens is 2. The van der Waals surface area contributed by atoms with Crippen LogP contribution >= 0.6 is 11.6 Å². The molecule has 1 aromatic carbocycles. The summed E-state index contributed by atoms with van der Waals surface area (Å²) in [6.07, 6.45) is 4.59. The van der Waals surface area contributed by atoms with E-state index in [2.05, 4.69) is 39.6 Å². The van der Waals surface area contributed by atoms with Gasteiger partial charge in [-0.1, -0.05) is 30.3 Å². The van der Waals surface area contributed by atoms with E-state index in [9.17, 15) is 0 Å². The smallest absolute Gasteiger partial charge is 0.224 e. The molecule has 2 aliphatic rings. The highest BCUT2D eigenvalue weighted by Crippen LogP contribution is 2.40. The van der Waals surface area contributed by atoms with Crippen LogP contribution in [0.2, 0.25) is 5.28 Å². The molecular formula is C16H16ClN3. The molecule has 1 aromatic heterocycles. The molecule has 3 nitrogen and oxygen atoms in total. The number of benzene rings is 1. The fourth-order valence-corrected chi connectivity index (χ4v) is 3.16. The Balaban J connectivity index is 1.75. The van der Waals surface area contributed by atoms with Gasteiger partial charge in [0.25, 0.3) is 0 Å². The SMILES string of the molecule is Clc1nc(NC2CC2)c2c(n1)C(c1ccccc1)CC2. The molecule has 0 saturated heterocycles. The van der Waals surface area contributed by atoms with E-state index in [1.807, 2.05) is 6.07 Å². The average Bonchev–Trinajstić information content (AvgIpc) is 3.17. The number of hydrogen-bond donors (Lipinski definition) is 1. The molecule has 0 aliphatic heterocycles. The van der Waals surface area contributed by atoms with E-state index in [1.165, 1.54) is 24.0 Å². The summed E-state index contributed by atoms with van der Waals surface area (Å²) in [4.78, 5) is 8.91. The third-order valence-electron chi connectivity index (χ3n) is 4.15. The van der Waals surface area contributed by atoms with Crippen LogP contribution in [0.1, 0.15) is 42.0 Å². The largest absolute Gasteiger partial charge is 0.367 e. The lowest BCUT2D eigenvalue weighted by Gasteiger charge is -2.13. The van der Waals surface area contributed by atoms with Crippen molar-refractivity contribution in [1.82, 2.24) is 9.97 Å². The van der Waals surface area contributed by atoms with Crippen molar-refractivity contribution >= 4 is 17.4 Å². The van der Waals surface area contributed by atoms with Crippen LogP contribution in [-0.2, 0) is 6.42 Å². The first-order chi connectivity index (χ1) is 9.81. The van der Waals surface area contributed by atoms with Crippen molar-refractivity contribution in [3.05, 3.63) is 52.4 Å². The molecule has 4 heteroatoms. The monoisotopic (exact) mass is 285 g/mol. The third kappa shape index (κ3) is 2.16. The van der Waals surface area contributed by atoms with Crippen LogP contribution in [0, 0.1) is 0 Å². The fraction of sp³-hybridized carbons (Fsp3) is 0.375. The van der Waals surface area contributed by atoms with Gasteiger partial charge in [-0.25, -0.2) is 9.97 Å². The highest BCUT2D eigenvalue weighted by molar-refractivity contribution is 6.28. The van der Waals surface area contributed by atoms with E-state index in [4.69, 9.17) is 11.6 Å². The summed E-state index contributed by atoms with van der Waals surface area (Å²) in [5.41, 5.74) is 3.69. The van der Waals surface area contributed by atoms with Crippen molar-refractivity contribution in [3.63, 3.8) is 0 Å². The van der Waals surface area contributed by atoms with E-state index < -0.39 is 0 Å². The quantitative estimate of drug-likeness (QED) is 0.872. The molecule has 1 heterocycles. The van der Waals surface area contributed by atoms with Crippen LogP contribution in [0.3, 0.4) is 0 Å². The van der Waals surface area contributed by atoms with Crippen LogP contribution in [0.25, 0.3) is 0 Å². The highest BCUT2D eigenvalue weighted by Gasteiger charge is 2.31. The second-order valence-electron chi connectivity index (χ2n) is 5.63. The predicted octanol–water partition coefficient (Wildman–Crippen LogP) is 3.78. The first kappa shape index (κ1) is 12.2. The van der Waals surface area contributed by atoms with Gasteiger partial charge in [0.15, 0.2) is 0 Å². The van der Waals surface area contributed by atoms with Crippen LogP contribution in [-0.4, -0.2) is 16.0 Å². The minimum Gasteiger partial charge on any atom is -0.367 e. The normalized spacial score (nSPS) is 20.8. The Morgan fingerprint density at radius 2 is 1.85 bits per heavy atom. The predicted molar refractivity (Wildman–Crippen MR) is 80.3 cm³/mol. The molecule has 4 rings (SSSR count). The van der Waals surface area contributed by atoms with Gasteiger partial charge in [-0.3, -0.25) is 0 Å². The average molecular weight is 286 g/mol. The van der Waals surface area contributed by atoms with E-state index in [1.54, 1.807) is 0 Å². The maximum atomic E-state index is 6.12. The van der Waals surface area contributed by atoms with Crippen molar-refractivity contribution < 1.29 is 0 Å². The van der Waals surface area contributed by atoms with Gasteiger partial charge in [-0.2, -0.15) is 0 Å². The van der Waals surface area contributed by atoms with Crippen LogP contribution in [0.5, 0.6) is 0 Å². The Morgan fingerprint density at radius 1 is 1.05 bits per heavy atom. The zero-order chi connectivity index (χ0) is 13.5. The van der Waals surface area contributed by atoms with Gasteiger partial charge < -0.3 is 5.32 Å². The van der Waals surface area contributed by atoms with Gasteiger partial charge >= 0.3 is 0 Å². The summed E-state index contributed by atoms with van der Waals surface area (Å²) >= 11 is 6.12. The van der Waals surface area contributed by atoms with Crippen molar-refractivity contribution in [1.29, 1.82) is 0 Å². The lowest BCUT2D eigenvalue weighted by Crippen LogP contribution is -2.08. The standard InChI is InChI=1S/C16H16ClN3/c17-16-19-14-12(10-4-2-1-3-5-10)8-9-13(14)15(20-16)18-11-6-7-11/h1-5,11-12H,6-9H2,(H,18,19,20). The van der Waals surface area contributed by atoms with Crippen molar-refractivity contribution in [2.75, 3.05) is 5.32 Å². The molecule has 2 aromatic rings.